The number of hydrogen-bond acceptors (Lipinski definition) is 3. The number of benzene rings is 1. The van der Waals surface area contributed by atoms with Gasteiger partial charge in [0.2, 0.25) is 5.91 Å². The average molecular weight is 283 g/mol. The molecule has 0 saturated heterocycles. The second-order valence-corrected chi connectivity index (χ2v) is 5.25. The standard InChI is InChI=1S/C17H21N3O/c1-4-13-5-7-14(8-6-13)19-16-10-9-15(11-18-16)20-17(21)12(2)3/h5-12H,4H2,1-3H3,(H,18,19)(H,20,21). The number of carbonyl (C=O) groups is 1. The van der Waals surface area contributed by atoms with Crippen LogP contribution >= 0.6 is 0 Å². The lowest BCUT2D eigenvalue weighted by Gasteiger charge is -2.09. The van der Waals surface area contributed by atoms with E-state index in [-0.39, 0.29) is 11.8 Å². The largest absolute Gasteiger partial charge is 0.340 e. The molecule has 0 fully saturated rings. The van der Waals surface area contributed by atoms with E-state index in [9.17, 15) is 4.79 Å². The molecular weight excluding hydrogens is 262 g/mol. The van der Waals surface area contributed by atoms with Gasteiger partial charge in [-0.3, -0.25) is 4.79 Å². The highest BCUT2D eigenvalue weighted by Crippen LogP contribution is 2.17. The Bertz CT molecular complexity index is 588. The fourth-order valence-electron chi connectivity index (χ4n) is 1.80. The molecule has 0 radical (unpaired) electrons. The van der Waals surface area contributed by atoms with Crippen molar-refractivity contribution in [2.24, 2.45) is 5.92 Å². The van der Waals surface area contributed by atoms with Gasteiger partial charge in [-0.25, -0.2) is 4.98 Å². The Morgan fingerprint density at radius 3 is 2.29 bits per heavy atom. The lowest BCUT2D eigenvalue weighted by Crippen LogP contribution is -2.17. The molecule has 0 aliphatic heterocycles. The second kappa shape index (κ2) is 6.88. The highest BCUT2D eigenvalue weighted by atomic mass is 16.1. The minimum absolute atomic E-state index is 0.00679. The van der Waals surface area contributed by atoms with Gasteiger partial charge in [0.25, 0.3) is 0 Å². The Morgan fingerprint density at radius 2 is 1.76 bits per heavy atom. The number of aromatic nitrogens is 1. The normalized spacial score (nSPS) is 10.5. The Morgan fingerprint density at radius 1 is 1.10 bits per heavy atom. The van der Waals surface area contributed by atoms with E-state index in [1.165, 1.54) is 5.56 Å². The third-order valence-electron chi connectivity index (χ3n) is 3.19. The molecule has 0 saturated carbocycles. The number of amides is 1. The minimum atomic E-state index is -0.0418. The van der Waals surface area contributed by atoms with Gasteiger partial charge in [0.05, 0.1) is 11.9 Å². The number of nitrogens with one attached hydrogen (secondary N) is 2. The van der Waals surface area contributed by atoms with Crippen molar-refractivity contribution in [3.05, 3.63) is 48.2 Å². The zero-order chi connectivity index (χ0) is 15.2. The van der Waals surface area contributed by atoms with Crippen LogP contribution in [0.25, 0.3) is 0 Å². The maximum atomic E-state index is 11.6. The summed E-state index contributed by atoms with van der Waals surface area (Å²) in [4.78, 5) is 15.9. The molecule has 4 nitrogen and oxygen atoms in total. The third-order valence-corrected chi connectivity index (χ3v) is 3.19. The number of anilines is 3. The summed E-state index contributed by atoms with van der Waals surface area (Å²) >= 11 is 0. The molecule has 1 heterocycles. The summed E-state index contributed by atoms with van der Waals surface area (Å²) in [6.45, 7) is 5.85. The molecule has 2 rings (SSSR count). The molecule has 0 aliphatic rings. The van der Waals surface area contributed by atoms with Crippen molar-refractivity contribution in [3.63, 3.8) is 0 Å². The summed E-state index contributed by atoms with van der Waals surface area (Å²) in [5.74, 6) is 0.703. The Hall–Kier alpha value is -2.36. The summed E-state index contributed by atoms with van der Waals surface area (Å²) in [7, 11) is 0. The van der Waals surface area contributed by atoms with Gasteiger partial charge in [-0.1, -0.05) is 32.9 Å². The van der Waals surface area contributed by atoms with Crippen LogP contribution in [-0.2, 0) is 11.2 Å². The molecule has 0 spiro atoms. The first-order chi connectivity index (χ1) is 10.1. The van der Waals surface area contributed by atoms with Gasteiger partial charge in [-0.05, 0) is 36.2 Å². The zero-order valence-corrected chi connectivity index (χ0v) is 12.7. The van der Waals surface area contributed by atoms with Crippen molar-refractivity contribution in [3.8, 4) is 0 Å². The molecule has 0 bridgehead atoms. The number of hydrogen-bond donors (Lipinski definition) is 2. The number of nitrogens with zero attached hydrogens (tertiary/aromatic N) is 1. The van der Waals surface area contributed by atoms with Crippen molar-refractivity contribution in [2.75, 3.05) is 10.6 Å². The third kappa shape index (κ3) is 4.31. The fraction of sp³-hybridized carbons (Fsp3) is 0.294. The van der Waals surface area contributed by atoms with Gasteiger partial charge in [0.1, 0.15) is 5.82 Å². The Balaban J connectivity index is 2.00. The van der Waals surface area contributed by atoms with E-state index >= 15 is 0 Å². The van der Waals surface area contributed by atoms with E-state index in [2.05, 4.69) is 34.7 Å². The maximum Gasteiger partial charge on any atom is 0.226 e. The summed E-state index contributed by atoms with van der Waals surface area (Å²) in [6, 6.07) is 12.0. The quantitative estimate of drug-likeness (QED) is 0.872. The summed E-state index contributed by atoms with van der Waals surface area (Å²) in [5.41, 5.74) is 3.01. The first-order valence-electron chi connectivity index (χ1n) is 7.21. The molecule has 0 aliphatic carbocycles. The van der Waals surface area contributed by atoms with E-state index in [1.807, 2.05) is 38.1 Å². The highest BCUT2D eigenvalue weighted by Gasteiger charge is 2.07. The topological polar surface area (TPSA) is 54.0 Å². The van der Waals surface area contributed by atoms with Gasteiger partial charge >= 0.3 is 0 Å². The van der Waals surface area contributed by atoms with Gasteiger partial charge in [0.15, 0.2) is 0 Å². The van der Waals surface area contributed by atoms with Gasteiger partial charge in [-0.15, -0.1) is 0 Å². The smallest absolute Gasteiger partial charge is 0.226 e. The number of pyridine rings is 1. The van der Waals surface area contributed by atoms with Crippen LogP contribution in [0.2, 0.25) is 0 Å². The van der Waals surface area contributed by atoms with E-state index in [1.54, 1.807) is 6.20 Å². The van der Waals surface area contributed by atoms with Crippen LogP contribution < -0.4 is 10.6 Å². The van der Waals surface area contributed by atoms with Crippen LogP contribution in [0, 0.1) is 5.92 Å². The monoisotopic (exact) mass is 283 g/mol. The molecule has 110 valence electrons. The van der Waals surface area contributed by atoms with Crippen LogP contribution in [0.1, 0.15) is 26.3 Å². The first kappa shape index (κ1) is 15.0. The van der Waals surface area contributed by atoms with E-state index < -0.39 is 0 Å². The average Bonchev–Trinajstić information content (AvgIpc) is 2.50. The number of carbonyl (C=O) groups excluding carboxylic acids is 1. The number of rotatable bonds is 5. The van der Waals surface area contributed by atoms with Crippen LogP contribution in [-0.4, -0.2) is 10.9 Å². The number of aryl methyl sites for hydroxylation is 1. The Labute approximate surface area is 125 Å². The maximum absolute atomic E-state index is 11.6. The lowest BCUT2D eigenvalue weighted by molar-refractivity contribution is -0.118. The van der Waals surface area contributed by atoms with Crippen molar-refractivity contribution < 1.29 is 4.79 Å². The molecule has 2 aromatic rings. The molecule has 2 N–H and O–H groups in total. The van der Waals surface area contributed by atoms with Crippen LogP contribution in [0.15, 0.2) is 42.6 Å². The molecule has 0 atom stereocenters. The van der Waals surface area contributed by atoms with Crippen LogP contribution in [0.3, 0.4) is 0 Å². The van der Waals surface area contributed by atoms with E-state index in [4.69, 9.17) is 0 Å². The molecule has 4 heteroatoms. The summed E-state index contributed by atoms with van der Waals surface area (Å²) < 4.78 is 0. The molecular formula is C17H21N3O. The zero-order valence-electron chi connectivity index (χ0n) is 12.7. The van der Waals surface area contributed by atoms with Gasteiger partial charge < -0.3 is 10.6 Å². The van der Waals surface area contributed by atoms with Gasteiger partial charge in [-0.2, -0.15) is 0 Å². The minimum Gasteiger partial charge on any atom is -0.340 e. The van der Waals surface area contributed by atoms with E-state index in [0.717, 1.165) is 17.9 Å². The van der Waals surface area contributed by atoms with Crippen molar-refractivity contribution in [2.45, 2.75) is 27.2 Å². The van der Waals surface area contributed by atoms with Crippen LogP contribution in [0.5, 0.6) is 0 Å². The van der Waals surface area contributed by atoms with Crippen LogP contribution in [0.4, 0.5) is 17.2 Å². The van der Waals surface area contributed by atoms with E-state index in [0.29, 0.717) is 5.69 Å². The predicted octanol–water partition coefficient (Wildman–Crippen LogP) is 3.98. The highest BCUT2D eigenvalue weighted by molar-refractivity contribution is 5.91. The lowest BCUT2D eigenvalue weighted by atomic mass is 10.1. The van der Waals surface area contributed by atoms with Crippen molar-refractivity contribution >= 4 is 23.1 Å². The molecule has 0 unspecified atom stereocenters. The summed E-state index contributed by atoms with van der Waals surface area (Å²) in [5, 5.41) is 6.05. The molecule has 1 aromatic heterocycles. The van der Waals surface area contributed by atoms with Crippen molar-refractivity contribution in [1.29, 1.82) is 0 Å². The Kier molecular flexibility index (Phi) is 4.93. The fourth-order valence-corrected chi connectivity index (χ4v) is 1.80. The molecule has 1 amide bonds. The molecule has 1 aromatic carbocycles. The molecule has 21 heavy (non-hydrogen) atoms. The van der Waals surface area contributed by atoms with Crippen molar-refractivity contribution in [1.82, 2.24) is 4.98 Å². The van der Waals surface area contributed by atoms with Gasteiger partial charge in [0, 0.05) is 11.6 Å². The predicted molar refractivity (Wildman–Crippen MR) is 86.8 cm³/mol. The first-order valence-corrected chi connectivity index (χ1v) is 7.21. The summed E-state index contributed by atoms with van der Waals surface area (Å²) in [6.07, 6.45) is 2.69. The second-order valence-electron chi connectivity index (χ2n) is 5.25. The SMILES string of the molecule is CCc1ccc(Nc2ccc(NC(=O)C(C)C)cn2)cc1.